The monoisotopic (exact) mass is 332 g/mol. The Morgan fingerprint density at radius 1 is 1.42 bits per heavy atom. The van der Waals surface area contributed by atoms with Gasteiger partial charge in [-0.3, -0.25) is 4.79 Å². The zero-order chi connectivity index (χ0) is 17.1. The van der Waals surface area contributed by atoms with Crippen LogP contribution < -0.4 is 5.32 Å². The molecule has 4 N–H and O–H groups in total. The lowest BCUT2D eigenvalue weighted by Crippen LogP contribution is -2.44. The highest BCUT2D eigenvalue weighted by atomic mass is 16.6. The number of aromatic nitrogens is 3. The van der Waals surface area contributed by atoms with E-state index in [0.717, 1.165) is 0 Å². The molecule has 0 bridgehead atoms. The number of amides is 1. The summed E-state index contributed by atoms with van der Waals surface area (Å²) in [6, 6.07) is 0. The molecular weight excluding hydrogens is 316 g/mol. The van der Waals surface area contributed by atoms with Crippen LogP contribution in [0.4, 0.5) is 5.82 Å². The number of nitrogens with one attached hydrogen (secondary N) is 1. The third kappa shape index (κ3) is 1.99. The van der Waals surface area contributed by atoms with Gasteiger partial charge in [0.05, 0.1) is 12.0 Å². The quantitative estimate of drug-likeness (QED) is 0.578. The lowest BCUT2D eigenvalue weighted by atomic mass is 9.96. The molecule has 0 spiro atoms. The summed E-state index contributed by atoms with van der Waals surface area (Å²) in [7, 11) is 0. The Labute approximate surface area is 136 Å². The predicted molar refractivity (Wildman–Crippen MR) is 82.8 cm³/mol. The molecule has 4 heterocycles. The summed E-state index contributed by atoms with van der Waals surface area (Å²) in [5.74, 6) is 0.0678. The Kier molecular flexibility index (Phi) is 3.22. The minimum Gasteiger partial charge on any atom is -0.394 e. The highest BCUT2D eigenvalue weighted by Crippen LogP contribution is 2.41. The van der Waals surface area contributed by atoms with Crippen LogP contribution in [0.2, 0.25) is 0 Å². The van der Waals surface area contributed by atoms with Gasteiger partial charge in [0, 0.05) is 17.8 Å². The molecule has 1 unspecified atom stereocenters. The average Bonchev–Trinajstić information content (AvgIpc) is 2.95. The van der Waals surface area contributed by atoms with Crippen molar-refractivity contribution in [1.29, 1.82) is 0 Å². The van der Waals surface area contributed by atoms with Gasteiger partial charge in [0.15, 0.2) is 6.23 Å². The largest absolute Gasteiger partial charge is 0.394 e. The Bertz CT molecular complexity index is 859. The fraction of sp³-hybridized carbons (Fsp3) is 0.400. The number of hydrogen-bond acceptors (Lipinski definition) is 7. The van der Waals surface area contributed by atoms with Gasteiger partial charge in [-0.25, -0.2) is 9.97 Å². The van der Waals surface area contributed by atoms with Crippen molar-refractivity contribution < 1.29 is 24.9 Å². The topological polar surface area (TPSA) is 130 Å². The Morgan fingerprint density at radius 3 is 2.92 bits per heavy atom. The number of ether oxygens (including phenoxy) is 1. The molecule has 0 aliphatic carbocycles. The van der Waals surface area contributed by atoms with Gasteiger partial charge in [0.2, 0.25) is 5.91 Å². The van der Waals surface area contributed by atoms with E-state index >= 15 is 0 Å². The first kappa shape index (κ1) is 15.2. The molecular formula is C15H16N4O5. The Balaban J connectivity index is 1.90. The molecule has 2 aliphatic heterocycles. The number of aliphatic hydroxyl groups excluding tert-OH is 2. The number of aliphatic hydroxyl groups is 3. The van der Waals surface area contributed by atoms with Gasteiger partial charge in [-0.15, -0.1) is 0 Å². The molecule has 2 aromatic heterocycles. The fourth-order valence-corrected chi connectivity index (χ4v) is 3.23. The summed E-state index contributed by atoms with van der Waals surface area (Å²) in [4.78, 5) is 20.0. The number of carbonyl (C=O) groups is 1. The lowest BCUT2D eigenvalue weighted by molar-refractivity contribution is -0.111. The molecule has 126 valence electrons. The summed E-state index contributed by atoms with van der Waals surface area (Å²) in [5, 5.41) is 33.4. The lowest BCUT2D eigenvalue weighted by Gasteiger charge is -2.27. The summed E-state index contributed by atoms with van der Waals surface area (Å²) in [5.41, 5.74) is -0.503. The minimum absolute atomic E-state index is 0.294. The van der Waals surface area contributed by atoms with Crippen molar-refractivity contribution in [3.05, 3.63) is 24.2 Å². The van der Waals surface area contributed by atoms with Gasteiger partial charge in [-0.05, 0) is 13.0 Å². The van der Waals surface area contributed by atoms with Crippen molar-refractivity contribution in [2.45, 2.75) is 31.0 Å². The smallest absolute Gasteiger partial charge is 0.249 e. The molecule has 9 nitrogen and oxygen atoms in total. The first-order valence-electron chi connectivity index (χ1n) is 7.45. The molecule has 4 atom stereocenters. The maximum atomic E-state index is 11.7. The van der Waals surface area contributed by atoms with Gasteiger partial charge < -0.3 is 29.9 Å². The fourth-order valence-electron chi connectivity index (χ4n) is 3.23. The molecule has 24 heavy (non-hydrogen) atoms. The molecule has 4 rings (SSSR count). The van der Waals surface area contributed by atoms with E-state index in [1.54, 1.807) is 16.8 Å². The van der Waals surface area contributed by atoms with Crippen LogP contribution in [-0.4, -0.2) is 60.2 Å². The first-order valence-corrected chi connectivity index (χ1v) is 7.45. The van der Waals surface area contributed by atoms with E-state index in [9.17, 15) is 20.1 Å². The van der Waals surface area contributed by atoms with Crippen LogP contribution in [0.5, 0.6) is 0 Å². The second-order valence-electron chi connectivity index (χ2n) is 6.12. The molecule has 2 aliphatic rings. The van der Waals surface area contributed by atoms with E-state index in [4.69, 9.17) is 4.74 Å². The molecule has 1 saturated heterocycles. The predicted octanol–water partition coefficient (Wildman–Crippen LogP) is -0.602. The van der Waals surface area contributed by atoms with Crippen LogP contribution in [-0.2, 0) is 9.53 Å². The van der Waals surface area contributed by atoms with Crippen molar-refractivity contribution in [3.63, 3.8) is 0 Å². The highest BCUT2D eigenvalue weighted by Gasteiger charge is 2.53. The van der Waals surface area contributed by atoms with Crippen LogP contribution in [0, 0.1) is 0 Å². The third-order valence-corrected chi connectivity index (χ3v) is 4.48. The molecule has 1 fully saturated rings. The normalized spacial score (nSPS) is 32.2. The van der Waals surface area contributed by atoms with E-state index in [1.807, 2.05) is 0 Å². The van der Waals surface area contributed by atoms with Crippen LogP contribution >= 0.6 is 0 Å². The average molecular weight is 332 g/mol. The van der Waals surface area contributed by atoms with Crippen molar-refractivity contribution >= 4 is 28.8 Å². The van der Waals surface area contributed by atoms with Crippen LogP contribution in [0.1, 0.15) is 18.7 Å². The summed E-state index contributed by atoms with van der Waals surface area (Å²) < 4.78 is 7.22. The van der Waals surface area contributed by atoms with Crippen molar-refractivity contribution in [1.82, 2.24) is 14.5 Å². The molecule has 0 saturated carbocycles. The van der Waals surface area contributed by atoms with Gasteiger partial charge in [-0.2, -0.15) is 0 Å². The van der Waals surface area contributed by atoms with E-state index in [1.165, 1.54) is 19.3 Å². The summed E-state index contributed by atoms with van der Waals surface area (Å²) >= 11 is 0. The number of rotatable bonds is 2. The molecule has 2 aromatic rings. The highest BCUT2D eigenvalue weighted by molar-refractivity contribution is 6.11. The summed E-state index contributed by atoms with van der Waals surface area (Å²) in [6.45, 7) is 1.02. The van der Waals surface area contributed by atoms with Crippen molar-refractivity contribution in [2.75, 3.05) is 11.9 Å². The van der Waals surface area contributed by atoms with Crippen LogP contribution in [0.25, 0.3) is 17.1 Å². The van der Waals surface area contributed by atoms with Crippen molar-refractivity contribution in [2.24, 2.45) is 0 Å². The van der Waals surface area contributed by atoms with Crippen LogP contribution in [0.3, 0.4) is 0 Å². The SMILES string of the molecule is C[C@]1(O)C(n2cc3c4c(ncnc42)NC(=O)C=C3)O[C@H](CO)[C@H]1O. The Hall–Kier alpha value is -2.33. The number of hydrogen-bond donors (Lipinski definition) is 4. The van der Waals surface area contributed by atoms with Gasteiger partial charge in [0.25, 0.3) is 0 Å². The van der Waals surface area contributed by atoms with Gasteiger partial charge in [-0.1, -0.05) is 0 Å². The van der Waals surface area contributed by atoms with E-state index in [0.29, 0.717) is 22.4 Å². The number of nitrogens with zero attached hydrogens (tertiary/aromatic N) is 3. The van der Waals surface area contributed by atoms with E-state index in [2.05, 4.69) is 15.3 Å². The second-order valence-corrected chi connectivity index (χ2v) is 6.12. The molecule has 9 heteroatoms. The summed E-state index contributed by atoms with van der Waals surface area (Å²) in [6.07, 6.45) is 2.86. The second kappa shape index (κ2) is 5.08. The zero-order valence-corrected chi connectivity index (χ0v) is 12.7. The van der Waals surface area contributed by atoms with Crippen LogP contribution in [0.15, 0.2) is 18.6 Å². The Morgan fingerprint density at radius 2 is 2.21 bits per heavy atom. The number of anilines is 1. The molecule has 0 aromatic carbocycles. The van der Waals surface area contributed by atoms with Gasteiger partial charge >= 0.3 is 0 Å². The zero-order valence-electron chi connectivity index (χ0n) is 12.7. The minimum atomic E-state index is -1.63. The third-order valence-electron chi connectivity index (χ3n) is 4.48. The van der Waals surface area contributed by atoms with Crippen molar-refractivity contribution in [3.8, 4) is 0 Å². The maximum absolute atomic E-state index is 11.7. The number of carbonyl (C=O) groups excluding carboxylic acids is 1. The van der Waals surface area contributed by atoms with Gasteiger partial charge in [0.1, 0.15) is 35.6 Å². The van der Waals surface area contributed by atoms with E-state index in [-0.39, 0.29) is 5.91 Å². The van der Waals surface area contributed by atoms with E-state index < -0.39 is 30.6 Å². The molecule has 0 radical (unpaired) electrons. The maximum Gasteiger partial charge on any atom is 0.249 e. The first-order chi connectivity index (χ1) is 11.4. The molecule has 1 amide bonds. The standard InChI is InChI=1S/C15H16N4O5/c1-15(23)11(22)8(5-20)24-14(15)19-4-7-2-3-9(21)18-12-10(7)13(19)17-6-16-12/h2-4,6,8,11,14,20,22-23H,5H2,1H3,(H,16,17,18,21)/t8-,11-,14?,15-/m1/s1.